The summed E-state index contributed by atoms with van der Waals surface area (Å²) in [7, 11) is 2.05. The van der Waals surface area contributed by atoms with Gasteiger partial charge in [-0.15, -0.1) is 0 Å². The van der Waals surface area contributed by atoms with Crippen LogP contribution in [0.3, 0.4) is 0 Å². The van der Waals surface area contributed by atoms with Gasteiger partial charge in [-0.2, -0.15) is 0 Å². The van der Waals surface area contributed by atoms with Crippen LogP contribution in [0.5, 0.6) is 0 Å². The van der Waals surface area contributed by atoms with Gasteiger partial charge in [0.25, 0.3) is 0 Å². The highest BCUT2D eigenvalue weighted by Gasteiger charge is 2.25. The van der Waals surface area contributed by atoms with Crippen molar-refractivity contribution in [3.05, 3.63) is 0 Å². The van der Waals surface area contributed by atoms with Gasteiger partial charge in [0.05, 0.1) is 0 Å². The van der Waals surface area contributed by atoms with Crippen LogP contribution in [-0.4, -0.2) is 36.6 Å². The van der Waals surface area contributed by atoms with E-state index in [1.165, 1.54) is 25.8 Å². The average Bonchev–Trinajstić information content (AvgIpc) is 2.11. The lowest BCUT2D eigenvalue weighted by Gasteiger charge is -2.40. The molecule has 0 saturated carbocycles. The molecular formula is C11H24N2. The van der Waals surface area contributed by atoms with Crippen molar-refractivity contribution in [2.75, 3.05) is 13.6 Å². The van der Waals surface area contributed by atoms with E-state index in [0.717, 1.165) is 12.1 Å². The quantitative estimate of drug-likeness (QED) is 0.720. The first kappa shape index (κ1) is 11.0. The molecule has 0 aliphatic carbocycles. The molecule has 2 heteroatoms. The van der Waals surface area contributed by atoms with E-state index in [9.17, 15) is 0 Å². The van der Waals surface area contributed by atoms with Gasteiger partial charge in [0.15, 0.2) is 0 Å². The van der Waals surface area contributed by atoms with Crippen LogP contribution in [-0.2, 0) is 0 Å². The molecule has 13 heavy (non-hydrogen) atoms. The average molecular weight is 184 g/mol. The molecule has 3 atom stereocenters. The minimum Gasteiger partial charge on any atom is -0.316 e. The van der Waals surface area contributed by atoms with Gasteiger partial charge in [0.1, 0.15) is 0 Å². The van der Waals surface area contributed by atoms with E-state index in [4.69, 9.17) is 0 Å². The van der Waals surface area contributed by atoms with Crippen LogP contribution in [0, 0.1) is 0 Å². The molecular weight excluding hydrogens is 160 g/mol. The molecule has 78 valence electrons. The van der Waals surface area contributed by atoms with Crippen molar-refractivity contribution < 1.29 is 0 Å². The topological polar surface area (TPSA) is 15.3 Å². The summed E-state index contributed by atoms with van der Waals surface area (Å²) in [6, 6.07) is 2.17. The number of hydrogen-bond donors (Lipinski definition) is 1. The fourth-order valence-corrected chi connectivity index (χ4v) is 2.24. The molecule has 1 fully saturated rings. The SMILES string of the molecule is CNC(C)CN1C(C)CCCC1C. The summed E-state index contributed by atoms with van der Waals surface area (Å²) in [5.41, 5.74) is 0. The van der Waals surface area contributed by atoms with Crippen LogP contribution < -0.4 is 5.32 Å². The van der Waals surface area contributed by atoms with Crippen LogP contribution in [0.4, 0.5) is 0 Å². The standard InChI is InChI=1S/C11H24N2/c1-9(12-4)8-13-10(2)6-5-7-11(13)3/h9-12H,5-8H2,1-4H3. The summed E-state index contributed by atoms with van der Waals surface area (Å²) in [5.74, 6) is 0. The van der Waals surface area contributed by atoms with Gasteiger partial charge in [-0.25, -0.2) is 0 Å². The fourth-order valence-electron chi connectivity index (χ4n) is 2.24. The second-order valence-corrected chi connectivity index (χ2v) is 4.52. The van der Waals surface area contributed by atoms with E-state index >= 15 is 0 Å². The normalized spacial score (nSPS) is 33.2. The zero-order chi connectivity index (χ0) is 9.84. The highest BCUT2D eigenvalue weighted by atomic mass is 15.2. The molecule has 2 nitrogen and oxygen atoms in total. The summed E-state index contributed by atoms with van der Waals surface area (Å²) in [6.45, 7) is 8.17. The Labute approximate surface area is 82.7 Å². The van der Waals surface area contributed by atoms with Gasteiger partial charge in [-0.05, 0) is 40.7 Å². The van der Waals surface area contributed by atoms with Gasteiger partial charge in [-0.3, -0.25) is 4.90 Å². The van der Waals surface area contributed by atoms with E-state index in [2.05, 4.69) is 31.0 Å². The Morgan fingerprint density at radius 2 is 1.85 bits per heavy atom. The van der Waals surface area contributed by atoms with Crippen LogP contribution in [0.15, 0.2) is 0 Å². The molecule has 0 radical (unpaired) electrons. The van der Waals surface area contributed by atoms with E-state index in [1.54, 1.807) is 0 Å². The van der Waals surface area contributed by atoms with E-state index < -0.39 is 0 Å². The first-order chi connectivity index (χ1) is 6.15. The van der Waals surface area contributed by atoms with Crippen LogP contribution in [0.1, 0.15) is 40.0 Å². The predicted octanol–water partition coefficient (Wildman–Crippen LogP) is 1.86. The second kappa shape index (κ2) is 4.97. The molecule has 1 heterocycles. The smallest absolute Gasteiger partial charge is 0.0163 e. The molecule has 0 aromatic carbocycles. The third kappa shape index (κ3) is 2.96. The highest BCUT2D eigenvalue weighted by molar-refractivity contribution is 4.81. The maximum atomic E-state index is 3.31. The lowest BCUT2D eigenvalue weighted by Crippen LogP contribution is -2.49. The molecule has 0 spiro atoms. The van der Waals surface area contributed by atoms with Gasteiger partial charge < -0.3 is 5.32 Å². The molecule has 0 bridgehead atoms. The van der Waals surface area contributed by atoms with Gasteiger partial charge in [-0.1, -0.05) is 6.42 Å². The van der Waals surface area contributed by atoms with Crippen molar-refractivity contribution in [3.63, 3.8) is 0 Å². The van der Waals surface area contributed by atoms with Crippen molar-refractivity contribution in [1.82, 2.24) is 10.2 Å². The lowest BCUT2D eigenvalue weighted by molar-refractivity contribution is 0.0944. The summed E-state index contributed by atoms with van der Waals surface area (Å²) < 4.78 is 0. The van der Waals surface area contributed by atoms with E-state index in [0.29, 0.717) is 6.04 Å². The number of nitrogens with one attached hydrogen (secondary N) is 1. The van der Waals surface area contributed by atoms with Crippen molar-refractivity contribution in [2.45, 2.75) is 58.2 Å². The van der Waals surface area contributed by atoms with Gasteiger partial charge >= 0.3 is 0 Å². The van der Waals surface area contributed by atoms with Crippen LogP contribution in [0.2, 0.25) is 0 Å². The van der Waals surface area contributed by atoms with Crippen LogP contribution in [0.25, 0.3) is 0 Å². The number of hydrogen-bond acceptors (Lipinski definition) is 2. The lowest BCUT2D eigenvalue weighted by atomic mass is 9.97. The molecule has 1 rings (SSSR count). The third-order valence-electron chi connectivity index (χ3n) is 3.35. The van der Waals surface area contributed by atoms with Crippen molar-refractivity contribution in [1.29, 1.82) is 0 Å². The Balaban J connectivity index is 2.43. The molecule has 0 aromatic rings. The zero-order valence-corrected chi connectivity index (χ0v) is 9.51. The van der Waals surface area contributed by atoms with Gasteiger partial charge in [0, 0.05) is 24.7 Å². The fraction of sp³-hybridized carbons (Fsp3) is 1.00. The van der Waals surface area contributed by atoms with E-state index in [-0.39, 0.29) is 0 Å². The molecule has 1 aliphatic heterocycles. The number of likely N-dealkylation sites (tertiary alicyclic amines) is 1. The highest BCUT2D eigenvalue weighted by Crippen LogP contribution is 2.22. The largest absolute Gasteiger partial charge is 0.316 e. The van der Waals surface area contributed by atoms with Gasteiger partial charge in [0.2, 0.25) is 0 Å². The Bertz CT molecular complexity index is 137. The monoisotopic (exact) mass is 184 g/mol. The number of likely N-dealkylation sites (N-methyl/N-ethyl adjacent to an activating group) is 1. The molecule has 1 aliphatic rings. The molecule has 1 saturated heterocycles. The predicted molar refractivity (Wildman–Crippen MR) is 58.0 cm³/mol. The van der Waals surface area contributed by atoms with Crippen molar-refractivity contribution in [3.8, 4) is 0 Å². The molecule has 1 N–H and O–H groups in total. The summed E-state index contributed by atoms with van der Waals surface area (Å²) in [6.07, 6.45) is 4.16. The summed E-state index contributed by atoms with van der Waals surface area (Å²) in [5, 5.41) is 3.31. The second-order valence-electron chi connectivity index (χ2n) is 4.52. The maximum absolute atomic E-state index is 3.31. The summed E-state index contributed by atoms with van der Waals surface area (Å²) >= 11 is 0. The Morgan fingerprint density at radius 1 is 1.31 bits per heavy atom. The maximum Gasteiger partial charge on any atom is 0.0163 e. The Kier molecular flexibility index (Phi) is 4.20. The molecule has 0 amide bonds. The van der Waals surface area contributed by atoms with Crippen LogP contribution >= 0.6 is 0 Å². The number of piperidine rings is 1. The first-order valence-corrected chi connectivity index (χ1v) is 5.58. The summed E-state index contributed by atoms with van der Waals surface area (Å²) in [4.78, 5) is 2.64. The molecule has 0 aromatic heterocycles. The minimum absolute atomic E-state index is 0.614. The Morgan fingerprint density at radius 3 is 2.31 bits per heavy atom. The Hall–Kier alpha value is -0.0800. The third-order valence-corrected chi connectivity index (χ3v) is 3.35. The van der Waals surface area contributed by atoms with E-state index in [1.807, 2.05) is 7.05 Å². The number of nitrogens with zero attached hydrogens (tertiary/aromatic N) is 1. The van der Waals surface area contributed by atoms with Crippen molar-refractivity contribution >= 4 is 0 Å². The zero-order valence-electron chi connectivity index (χ0n) is 9.51. The molecule has 3 unspecified atom stereocenters. The minimum atomic E-state index is 0.614. The number of rotatable bonds is 3. The first-order valence-electron chi connectivity index (χ1n) is 5.58. The van der Waals surface area contributed by atoms with Crippen molar-refractivity contribution in [2.24, 2.45) is 0 Å².